The van der Waals surface area contributed by atoms with Crippen LogP contribution in [0.5, 0.6) is 0 Å². The van der Waals surface area contributed by atoms with Crippen molar-refractivity contribution in [2.75, 3.05) is 6.26 Å². The summed E-state index contributed by atoms with van der Waals surface area (Å²) >= 11 is 0. The highest BCUT2D eigenvalue weighted by atomic mass is 32.2. The highest BCUT2D eigenvalue weighted by Crippen LogP contribution is 2.27. The lowest BCUT2D eigenvalue weighted by Crippen LogP contribution is -2.48. The molecule has 13 heavy (non-hydrogen) atoms. The number of nitrogens with one attached hydrogen (secondary N) is 1. The predicted octanol–water partition coefficient (Wildman–Crippen LogP) is 0.762. The summed E-state index contributed by atoms with van der Waals surface area (Å²) in [6.07, 6.45) is 5.31. The first-order valence-corrected chi connectivity index (χ1v) is 6.27. The van der Waals surface area contributed by atoms with E-state index in [1.54, 1.807) is 0 Å². The second kappa shape index (κ2) is 3.64. The molecule has 1 aliphatic rings. The molecule has 0 atom stereocenters. The minimum absolute atomic E-state index is 0.635. The molecule has 1 aliphatic carbocycles. The average molecular weight is 202 g/mol. The van der Waals surface area contributed by atoms with Gasteiger partial charge in [-0.25, -0.2) is 8.42 Å². The Hall–Kier alpha value is -0.600. The molecule has 0 aromatic rings. The van der Waals surface area contributed by atoms with Gasteiger partial charge in [0.15, 0.2) is 0 Å². The van der Waals surface area contributed by atoms with Crippen LogP contribution in [-0.2, 0) is 10.0 Å². The van der Waals surface area contributed by atoms with Gasteiger partial charge in [-0.05, 0) is 12.8 Å². The first-order chi connectivity index (χ1) is 5.97. The van der Waals surface area contributed by atoms with Gasteiger partial charge in [0.1, 0.15) is 5.54 Å². The van der Waals surface area contributed by atoms with Gasteiger partial charge in [-0.2, -0.15) is 9.98 Å². The van der Waals surface area contributed by atoms with E-state index in [9.17, 15) is 8.42 Å². The van der Waals surface area contributed by atoms with Crippen molar-refractivity contribution in [1.82, 2.24) is 4.72 Å². The Morgan fingerprint density at radius 3 is 2.23 bits per heavy atom. The molecular weight excluding hydrogens is 188 g/mol. The van der Waals surface area contributed by atoms with Gasteiger partial charge in [0.25, 0.3) is 0 Å². The topological polar surface area (TPSA) is 70.0 Å². The fourth-order valence-corrected chi connectivity index (χ4v) is 2.71. The molecule has 0 saturated heterocycles. The van der Waals surface area contributed by atoms with Crippen LogP contribution in [0.25, 0.3) is 0 Å². The van der Waals surface area contributed by atoms with E-state index in [1.807, 2.05) is 0 Å². The Morgan fingerprint density at radius 1 is 1.31 bits per heavy atom. The van der Waals surface area contributed by atoms with E-state index in [0.717, 1.165) is 25.5 Å². The van der Waals surface area contributed by atoms with Crippen molar-refractivity contribution < 1.29 is 8.42 Å². The zero-order chi connectivity index (χ0) is 9.95. The summed E-state index contributed by atoms with van der Waals surface area (Å²) in [6.45, 7) is 0. The largest absolute Gasteiger partial charge is 0.213 e. The summed E-state index contributed by atoms with van der Waals surface area (Å²) in [6, 6.07) is 2.08. The lowest BCUT2D eigenvalue weighted by atomic mass is 9.84. The van der Waals surface area contributed by atoms with Gasteiger partial charge in [0.05, 0.1) is 12.3 Å². The van der Waals surface area contributed by atoms with Gasteiger partial charge in [-0.1, -0.05) is 19.3 Å². The van der Waals surface area contributed by atoms with Gasteiger partial charge >= 0.3 is 0 Å². The maximum Gasteiger partial charge on any atom is 0.210 e. The Morgan fingerprint density at radius 2 is 1.85 bits per heavy atom. The first kappa shape index (κ1) is 10.5. The Kier molecular flexibility index (Phi) is 2.94. The van der Waals surface area contributed by atoms with Crippen molar-refractivity contribution in [2.24, 2.45) is 0 Å². The summed E-state index contributed by atoms with van der Waals surface area (Å²) in [5.74, 6) is 0. The van der Waals surface area contributed by atoms with Crippen molar-refractivity contribution in [3.63, 3.8) is 0 Å². The van der Waals surface area contributed by atoms with Crippen LogP contribution >= 0.6 is 0 Å². The van der Waals surface area contributed by atoms with Crippen molar-refractivity contribution in [3.05, 3.63) is 0 Å². The zero-order valence-corrected chi connectivity index (χ0v) is 8.52. The van der Waals surface area contributed by atoms with Crippen LogP contribution in [0, 0.1) is 11.3 Å². The maximum absolute atomic E-state index is 11.0. The molecule has 1 saturated carbocycles. The fourth-order valence-electron chi connectivity index (χ4n) is 1.75. The zero-order valence-electron chi connectivity index (χ0n) is 7.71. The lowest BCUT2D eigenvalue weighted by Gasteiger charge is -2.30. The highest BCUT2D eigenvalue weighted by molar-refractivity contribution is 7.88. The quantitative estimate of drug-likeness (QED) is 0.718. The predicted molar refractivity (Wildman–Crippen MR) is 49.4 cm³/mol. The van der Waals surface area contributed by atoms with Crippen LogP contribution in [0.15, 0.2) is 0 Å². The van der Waals surface area contributed by atoms with Crippen molar-refractivity contribution >= 4 is 10.0 Å². The minimum atomic E-state index is -3.27. The molecule has 1 fully saturated rings. The molecule has 0 aromatic carbocycles. The molecule has 0 spiro atoms. The number of rotatable bonds is 2. The van der Waals surface area contributed by atoms with Gasteiger partial charge in [-0.15, -0.1) is 0 Å². The fraction of sp³-hybridized carbons (Fsp3) is 0.875. The minimum Gasteiger partial charge on any atom is -0.213 e. The normalized spacial score (nSPS) is 22.2. The summed E-state index contributed by atoms with van der Waals surface area (Å²) in [5, 5.41) is 8.93. The molecular formula is C8H14N2O2S. The first-order valence-electron chi connectivity index (χ1n) is 4.38. The highest BCUT2D eigenvalue weighted by Gasteiger charge is 2.34. The SMILES string of the molecule is CS(=O)(=O)NC1(C#N)CCCCC1. The van der Waals surface area contributed by atoms with E-state index in [4.69, 9.17) is 5.26 Å². The van der Waals surface area contributed by atoms with Gasteiger partial charge < -0.3 is 0 Å². The number of nitrogens with zero attached hydrogens (tertiary/aromatic N) is 1. The molecule has 0 bridgehead atoms. The molecule has 74 valence electrons. The second-order valence-corrected chi connectivity index (χ2v) is 5.38. The maximum atomic E-state index is 11.0. The van der Waals surface area contributed by atoms with E-state index in [1.165, 1.54) is 0 Å². The molecule has 5 heteroatoms. The Labute approximate surface area is 79.0 Å². The van der Waals surface area contributed by atoms with Gasteiger partial charge in [0.2, 0.25) is 10.0 Å². The van der Waals surface area contributed by atoms with E-state index < -0.39 is 15.6 Å². The molecule has 0 radical (unpaired) electrons. The second-order valence-electron chi connectivity index (χ2n) is 3.63. The Bertz CT molecular complexity index is 310. The number of hydrogen-bond donors (Lipinski definition) is 1. The molecule has 0 amide bonds. The molecule has 0 aliphatic heterocycles. The third-order valence-electron chi connectivity index (χ3n) is 2.30. The van der Waals surface area contributed by atoms with Crippen LogP contribution in [0.2, 0.25) is 0 Å². The van der Waals surface area contributed by atoms with Crippen LogP contribution in [-0.4, -0.2) is 20.2 Å². The van der Waals surface area contributed by atoms with Crippen molar-refractivity contribution in [1.29, 1.82) is 5.26 Å². The lowest BCUT2D eigenvalue weighted by molar-refractivity contribution is 0.338. The van der Waals surface area contributed by atoms with E-state index in [0.29, 0.717) is 12.8 Å². The van der Waals surface area contributed by atoms with Crippen LogP contribution < -0.4 is 4.72 Å². The molecule has 0 heterocycles. The van der Waals surface area contributed by atoms with Crippen LogP contribution in [0.3, 0.4) is 0 Å². The van der Waals surface area contributed by atoms with E-state index >= 15 is 0 Å². The van der Waals surface area contributed by atoms with Crippen molar-refractivity contribution in [3.8, 4) is 6.07 Å². The summed E-state index contributed by atoms with van der Waals surface area (Å²) in [4.78, 5) is 0. The van der Waals surface area contributed by atoms with Gasteiger partial charge in [-0.3, -0.25) is 0 Å². The van der Waals surface area contributed by atoms with Crippen molar-refractivity contribution in [2.45, 2.75) is 37.6 Å². The number of sulfonamides is 1. The molecule has 0 unspecified atom stereocenters. The smallest absolute Gasteiger partial charge is 0.210 e. The summed E-state index contributed by atoms with van der Waals surface area (Å²) in [7, 11) is -3.27. The van der Waals surface area contributed by atoms with Crippen LogP contribution in [0.1, 0.15) is 32.1 Å². The Balaban J connectivity index is 2.76. The van der Waals surface area contributed by atoms with Crippen LogP contribution in [0.4, 0.5) is 0 Å². The molecule has 1 N–H and O–H groups in total. The monoisotopic (exact) mass is 202 g/mol. The average Bonchev–Trinajstić information content (AvgIpc) is 2.03. The standard InChI is InChI=1S/C8H14N2O2S/c1-13(11,12)10-8(7-9)5-3-2-4-6-8/h10H,2-6H2,1H3. The van der Waals surface area contributed by atoms with E-state index in [-0.39, 0.29) is 0 Å². The number of hydrogen-bond acceptors (Lipinski definition) is 3. The number of nitriles is 1. The summed E-state index contributed by atoms with van der Waals surface area (Å²) in [5.41, 5.74) is -0.828. The molecule has 4 nitrogen and oxygen atoms in total. The third kappa shape index (κ3) is 2.98. The third-order valence-corrected chi connectivity index (χ3v) is 3.06. The summed E-state index contributed by atoms with van der Waals surface area (Å²) < 4.78 is 24.4. The molecule has 0 aromatic heterocycles. The molecule has 1 rings (SSSR count). The van der Waals surface area contributed by atoms with Gasteiger partial charge in [0, 0.05) is 0 Å². The van der Waals surface area contributed by atoms with E-state index in [2.05, 4.69) is 10.8 Å².